The van der Waals surface area contributed by atoms with Crippen LogP contribution >= 0.6 is 0 Å². The van der Waals surface area contributed by atoms with Crippen LogP contribution < -0.4 is 10.9 Å². The number of nitrogens with one attached hydrogen (secondary N) is 2. The van der Waals surface area contributed by atoms with E-state index in [2.05, 4.69) is 20.0 Å². The van der Waals surface area contributed by atoms with Gasteiger partial charge in [0, 0.05) is 19.4 Å². The van der Waals surface area contributed by atoms with Gasteiger partial charge in [-0.1, -0.05) is 24.3 Å². The molecule has 0 radical (unpaired) electrons. The molecule has 0 bridgehead atoms. The number of hydrogen-bond donors (Lipinski definition) is 2. The van der Waals surface area contributed by atoms with Crippen molar-refractivity contribution in [1.82, 2.24) is 15.3 Å². The van der Waals surface area contributed by atoms with Crippen LogP contribution in [-0.4, -0.2) is 29.0 Å². The zero-order chi connectivity index (χ0) is 19.2. The van der Waals surface area contributed by atoms with E-state index in [4.69, 9.17) is 0 Å². The first-order valence-corrected chi connectivity index (χ1v) is 8.48. The van der Waals surface area contributed by atoms with Crippen molar-refractivity contribution in [1.29, 1.82) is 0 Å². The highest BCUT2D eigenvalue weighted by Gasteiger charge is 2.08. The Labute approximate surface area is 155 Å². The Hall–Kier alpha value is -3.48. The standard InChI is InChI=1S/C20H19N3O4/c1-27-20(26)14-8-6-13(7-9-14)12-21-18(24)11-10-17-22-16-5-3-2-4-15(16)19(25)23-17/h2-9H,10-12H2,1H3,(H,21,24)(H,22,23,25). The van der Waals surface area contributed by atoms with Crippen LogP contribution in [0.15, 0.2) is 53.3 Å². The van der Waals surface area contributed by atoms with Gasteiger partial charge in [0.25, 0.3) is 5.56 Å². The first-order valence-electron chi connectivity index (χ1n) is 8.48. The van der Waals surface area contributed by atoms with E-state index >= 15 is 0 Å². The lowest BCUT2D eigenvalue weighted by atomic mass is 10.1. The minimum Gasteiger partial charge on any atom is -0.465 e. The number of carbonyl (C=O) groups is 2. The summed E-state index contributed by atoms with van der Waals surface area (Å²) in [6.45, 7) is 0.349. The molecule has 0 saturated heterocycles. The fourth-order valence-electron chi connectivity index (χ4n) is 2.65. The van der Waals surface area contributed by atoms with Gasteiger partial charge in [0.05, 0.1) is 23.6 Å². The lowest BCUT2D eigenvalue weighted by Crippen LogP contribution is -2.23. The third kappa shape index (κ3) is 4.58. The van der Waals surface area contributed by atoms with Gasteiger partial charge in [0.15, 0.2) is 0 Å². The maximum Gasteiger partial charge on any atom is 0.337 e. The Bertz CT molecular complexity index is 1030. The molecule has 0 atom stereocenters. The Morgan fingerprint density at radius 1 is 1.11 bits per heavy atom. The molecule has 1 aromatic heterocycles. The summed E-state index contributed by atoms with van der Waals surface area (Å²) in [6.07, 6.45) is 0.550. The second-order valence-corrected chi connectivity index (χ2v) is 6.00. The molecule has 0 fully saturated rings. The number of hydrogen-bond acceptors (Lipinski definition) is 5. The van der Waals surface area contributed by atoms with Crippen molar-refractivity contribution in [2.75, 3.05) is 7.11 Å². The fourth-order valence-corrected chi connectivity index (χ4v) is 2.65. The predicted molar refractivity (Wildman–Crippen MR) is 100 cm³/mol. The Morgan fingerprint density at radius 2 is 1.85 bits per heavy atom. The van der Waals surface area contributed by atoms with Crippen LogP contribution in [0.4, 0.5) is 0 Å². The second kappa shape index (κ2) is 8.27. The van der Waals surface area contributed by atoms with E-state index in [9.17, 15) is 14.4 Å². The Balaban J connectivity index is 1.54. The number of nitrogens with zero attached hydrogens (tertiary/aromatic N) is 1. The fraction of sp³-hybridized carbons (Fsp3) is 0.200. The molecule has 1 amide bonds. The van der Waals surface area contributed by atoms with E-state index in [0.717, 1.165) is 5.56 Å². The normalized spacial score (nSPS) is 10.6. The molecule has 0 aliphatic rings. The Morgan fingerprint density at radius 3 is 2.59 bits per heavy atom. The molecule has 2 aromatic carbocycles. The number of rotatable bonds is 6. The molecule has 0 spiro atoms. The zero-order valence-corrected chi connectivity index (χ0v) is 14.8. The molecule has 7 nitrogen and oxygen atoms in total. The molecule has 3 rings (SSSR count). The maximum absolute atomic E-state index is 12.1. The van der Waals surface area contributed by atoms with Gasteiger partial charge in [0.2, 0.25) is 5.91 Å². The summed E-state index contributed by atoms with van der Waals surface area (Å²) in [5.41, 5.74) is 1.73. The highest BCUT2D eigenvalue weighted by Crippen LogP contribution is 2.08. The number of esters is 1. The molecule has 7 heteroatoms. The Kier molecular flexibility index (Phi) is 5.61. The van der Waals surface area contributed by atoms with E-state index in [1.165, 1.54) is 7.11 Å². The summed E-state index contributed by atoms with van der Waals surface area (Å²) >= 11 is 0. The van der Waals surface area contributed by atoms with Crippen LogP contribution in [0.2, 0.25) is 0 Å². The van der Waals surface area contributed by atoms with Gasteiger partial charge < -0.3 is 15.0 Å². The van der Waals surface area contributed by atoms with Crippen molar-refractivity contribution in [3.05, 3.63) is 75.8 Å². The highest BCUT2D eigenvalue weighted by molar-refractivity contribution is 5.89. The summed E-state index contributed by atoms with van der Waals surface area (Å²) in [5, 5.41) is 3.34. The van der Waals surface area contributed by atoms with Gasteiger partial charge in [-0.25, -0.2) is 9.78 Å². The third-order valence-corrected chi connectivity index (χ3v) is 4.12. The van der Waals surface area contributed by atoms with Crippen LogP contribution in [0.3, 0.4) is 0 Å². The van der Waals surface area contributed by atoms with Gasteiger partial charge in [-0.3, -0.25) is 9.59 Å². The molecule has 138 valence electrons. The first kappa shape index (κ1) is 18.3. The number of para-hydroxylation sites is 1. The van der Waals surface area contributed by atoms with Crippen LogP contribution in [-0.2, 0) is 22.5 Å². The summed E-state index contributed by atoms with van der Waals surface area (Å²) in [4.78, 5) is 42.6. The van der Waals surface area contributed by atoms with Crippen molar-refractivity contribution in [2.45, 2.75) is 19.4 Å². The van der Waals surface area contributed by atoms with Crippen molar-refractivity contribution < 1.29 is 14.3 Å². The van der Waals surface area contributed by atoms with E-state index < -0.39 is 5.97 Å². The van der Waals surface area contributed by atoms with Crippen molar-refractivity contribution in [3.8, 4) is 0 Å². The van der Waals surface area contributed by atoms with Gasteiger partial charge in [-0.2, -0.15) is 0 Å². The van der Waals surface area contributed by atoms with Gasteiger partial charge in [-0.05, 0) is 29.8 Å². The number of carbonyl (C=O) groups excluding carboxylic acids is 2. The summed E-state index contributed by atoms with van der Waals surface area (Å²) in [5.74, 6) is -0.0680. The lowest BCUT2D eigenvalue weighted by molar-refractivity contribution is -0.121. The number of ether oxygens (including phenoxy) is 1. The number of benzene rings is 2. The van der Waals surface area contributed by atoms with E-state index in [1.807, 2.05) is 6.07 Å². The molecule has 0 saturated carbocycles. The largest absolute Gasteiger partial charge is 0.465 e. The average Bonchev–Trinajstić information content (AvgIpc) is 2.70. The molecular formula is C20H19N3O4. The monoisotopic (exact) mass is 365 g/mol. The number of fused-ring (bicyclic) bond motifs is 1. The van der Waals surface area contributed by atoms with Crippen molar-refractivity contribution >= 4 is 22.8 Å². The average molecular weight is 365 g/mol. The van der Waals surface area contributed by atoms with Crippen molar-refractivity contribution in [3.63, 3.8) is 0 Å². The molecule has 3 aromatic rings. The van der Waals surface area contributed by atoms with E-state index in [-0.39, 0.29) is 17.9 Å². The SMILES string of the molecule is COC(=O)c1ccc(CNC(=O)CCc2nc3ccccc3c(=O)[nH]2)cc1. The van der Waals surface area contributed by atoms with Crippen LogP contribution in [0.1, 0.15) is 28.2 Å². The number of aromatic nitrogens is 2. The first-order chi connectivity index (χ1) is 13.1. The summed E-state index contributed by atoms with van der Waals surface area (Å²) < 4.78 is 4.64. The molecule has 27 heavy (non-hydrogen) atoms. The van der Waals surface area contributed by atoms with Crippen LogP contribution in [0.5, 0.6) is 0 Å². The molecular weight excluding hydrogens is 346 g/mol. The van der Waals surface area contributed by atoms with Crippen LogP contribution in [0.25, 0.3) is 10.9 Å². The number of methoxy groups -OCH3 is 1. The molecule has 1 heterocycles. The van der Waals surface area contributed by atoms with E-state index in [0.29, 0.717) is 35.3 Å². The summed E-state index contributed by atoms with van der Waals surface area (Å²) in [7, 11) is 1.33. The summed E-state index contributed by atoms with van der Waals surface area (Å²) in [6, 6.07) is 13.9. The quantitative estimate of drug-likeness (QED) is 0.650. The molecule has 0 unspecified atom stereocenters. The number of aryl methyl sites for hydroxylation is 1. The number of aromatic amines is 1. The van der Waals surface area contributed by atoms with Gasteiger partial charge >= 0.3 is 5.97 Å². The number of H-pyrrole nitrogens is 1. The minimum absolute atomic E-state index is 0.150. The lowest BCUT2D eigenvalue weighted by Gasteiger charge is -2.07. The van der Waals surface area contributed by atoms with Gasteiger partial charge in [-0.15, -0.1) is 0 Å². The smallest absolute Gasteiger partial charge is 0.337 e. The zero-order valence-electron chi connectivity index (χ0n) is 14.8. The second-order valence-electron chi connectivity index (χ2n) is 6.00. The predicted octanol–water partition coefficient (Wildman–Crippen LogP) is 1.96. The third-order valence-electron chi connectivity index (χ3n) is 4.12. The topological polar surface area (TPSA) is 101 Å². The molecule has 2 N–H and O–H groups in total. The van der Waals surface area contributed by atoms with Crippen molar-refractivity contribution in [2.24, 2.45) is 0 Å². The van der Waals surface area contributed by atoms with Gasteiger partial charge in [0.1, 0.15) is 5.82 Å². The molecule has 0 aliphatic carbocycles. The van der Waals surface area contributed by atoms with Crippen LogP contribution in [0, 0.1) is 0 Å². The maximum atomic E-state index is 12.1. The minimum atomic E-state index is -0.400. The highest BCUT2D eigenvalue weighted by atomic mass is 16.5. The number of amides is 1. The molecule has 0 aliphatic heterocycles. The van der Waals surface area contributed by atoms with E-state index in [1.54, 1.807) is 42.5 Å².